The average Bonchev–Trinajstić information content (AvgIpc) is 3.23. The summed E-state index contributed by atoms with van der Waals surface area (Å²) in [4.78, 5) is 25.1. The molecule has 4 rings (SSSR count). The van der Waals surface area contributed by atoms with Gasteiger partial charge < -0.3 is 4.74 Å². The maximum Gasteiger partial charge on any atom is 0.326 e. The van der Waals surface area contributed by atoms with Crippen molar-refractivity contribution in [3.63, 3.8) is 0 Å². The van der Waals surface area contributed by atoms with Crippen LogP contribution in [0.1, 0.15) is 31.9 Å². The molecule has 0 bridgehead atoms. The lowest BCUT2D eigenvalue weighted by atomic mass is 10.0. The van der Waals surface area contributed by atoms with Crippen LogP contribution in [-0.4, -0.2) is 51.1 Å². The molecule has 1 atom stereocenters. The maximum atomic E-state index is 13.1. The van der Waals surface area contributed by atoms with Crippen LogP contribution in [0.5, 0.6) is 0 Å². The lowest BCUT2D eigenvalue weighted by Crippen LogP contribution is -2.52. The van der Waals surface area contributed by atoms with Gasteiger partial charge in [0.05, 0.1) is 17.6 Å². The molecule has 11 heteroatoms. The van der Waals surface area contributed by atoms with Crippen LogP contribution < -0.4 is 5.06 Å². The Bertz CT molecular complexity index is 1170. The van der Waals surface area contributed by atoms with E-state index in [9.17, 15) is 4.79 Å². The molecule has 0 radical (unpaired) electrons. The predicted octanol–water partition coefficient (Wildman–Crippen LogP) is 4.74. The van der Waals surface area contributed by atoms with E-state index in [4.69, 9.17) is 37.6 Å². The van der Waals surface area contributed by atoms with E-state index in [0.29, 0.717) is 22.8 Å². The predicted molar refractivity (Wildman–Crippen MR) is 132 cm³/mol. The van der Waals surface area contributed by atoms with Crippen molar-refractivity contribution in [3.8, 4) is 5.69 Å². The number of esters is 1. The fourth-order valence-electron chi connectivity index (χ4n) is 3.52. The first-order valence-corrected chi connectivity index (χ1v) is 11.8. The first-order valence-electron chi connectivity index (χ1n) is 11.1. The number of ether oxygens (including phenoxy) is 1. The minimum atomic E-state index is -0.702. The number of halogens is 2. The number of carbonyl (C=O) groups is 1. The van der Waals surface area contributed by atoms with Crippen molar-refractivity contribution >= 4 is 34.9 Å². The molecular formula is C24H27Cl2N5O4. The molecular weight excluding hydrogens is 493 g/mol. The highest BCUT2D eigenvalue weighted by atomic mass is 35.5. The highest BCUT2D eigenvalue weighted by Crippen LogP contribution is 2.30. The molecule has 0 saturated carbocycles. The minimum Gasteiger partial charge on any atom is -0.459 e. The van der Waals surface area contributed by atoms with Crippen molar-refractivity contribution in [2.75, 3.05) is 18.5 Å². The molecule has 186 valence electrons. The van der Waals surface area contributed by atoms with Crippen molar-refractivity contribution in [2.24, 2.45) is 0 Å². The standard InChI is InChI=1S/C24H27Cl2N5O4/c1-16-5-7-17(8-6-16)11-21(23(32)35-24(2,3)4)31-15-33-30(14-34-31)20-12-18(25)9-10-19(20)29-13-22(26)27-28-29/h5-10,12-13,21H,11,14-15H2,1-4H3. The van der Waals surface area contributed by atoms with Gasteiger partial charge in [-0.15, -0.1) is 10.2 Å². The van der Waals surface area contributed by atoms with Crippen LogP contribution in [0.25, 0.3) is 5.69 Å². The van der Waals surface area contributed by atoms with E-state index in [-0.39, 0.29) is 18.6 Å². The third-order valence-corrected chi connectivity index (χ3v) is 5.58. The Balaban J connectivity index is 1.53. The first-order chi connectivity index (χ1) is 16.6. The zero-order valence-electron chi connectivity index (χ0n) is 19.9. The summed E-state index contributed by atoms with van der Waals surface area (Å²) >= 11 is 12.2. The summed E-state index contributed by atoms with van der Waals surface area (Å²) in [6, 6.07) is 12.5. The SMILES string of the molecule is Cc1ccc(CC(C(=O)OC(C)(C)C)N2CON(c3cc(Cl)ccc3-n3cc(Cl)nn3)CO2)cc1. The Morgan fingerprint density at radius 1 is 1.09 bits per heavy atom. The second-order valence-corrected chi connectivity index (χ2v) is 9.99. The zero-order chi connectivity index (χ0) is 25.2. The van der Waals surface area contributed by atoms with Crippen LogP contribution in [0.15, 0.2) is 48.7 Å². The molecule has 1 aromatic heterocycles. The smallest absolute Gasteiger partial charge is 0.326 e. The molecule has 9 nitrogen and oxygen atoms in total. The topological polar surface area (TPSA) is 82.0 Å². The summed E-state index contributed by atoms with van der Waals surface area (Å²) in [6.07, 6.45) is 1.98. The Morgan fingerprint density at radius 2 is 1.83 bits per heavy atom. The van der Waals surface area contributed by atoms with Gasteiger partial charge in [-0.05, 0) is 51.5 Å². The molecule has 1 saturated heterocycles. The second kappa shape index (κ2) is 10.5. The Hall–Kier alpha value is -2.69. The maximum absolute atomic E-state index is 13.1. The van der Waals surface area contributed by atoms with Gasteiger partial charge in [-0.3, -0.25) is 14.5 Å². The Kier molecular flexibility index (Phi) is 7.63. The van der Waals surface area contributed by atoms with Crippen molar-refractivity contribution < 1.29 is 19.2 Å². The molecule has 1 aliphatic heterocycles. The third kappa shape index (κ3) is 6.50. The van der Waals surface area contributed by atoms with E-state index in [0.717, 1.165) is 11.1 Å². The Morgan fingerprint density at radius 3 is 2.43 bits per heavy atom. The highest BCUT2D eigenvalue weighted by molar-refractivity contribution is 6.31. The first kappa shape index (κ1) is 25.4. The van der Waals surface area contributed by atoms with Gasteiger partial charge in [0.1, 0.15) is 11.6 Å². The average molecular weight is 520 g/mol. The molecule has 1 aliphatic rings. The van der Waals surface area contributed by atoms with E-state index in [1.165, 1.54) is 14.8 Å². The summed E-state index contributed by atoms with van der Waals surface area (Å²) in [6.45, 7) is 7.51. The summed E-state index contributed by atoms with van der Waals surface area (Å²) in [7, 11) is 0. The molecule has 3 aromatic rings. The molecule has 0 aliphatic carbocycles. The summed E-state index contributed by atoms with van der Waals surface area (Å²) in [5.74, 6) is -0.393. The van der Waals surface area contributed by atoms with Crippen LogP contribution in [0.3, 0.4) is 0 Å². The van der Waals surface area contributed by atoms with Gasteiger partial charge in [-0.25, -0.2) is 9.75 Å². The molecule has 35 heavy (non-hydrogen) atoms. The van der Waals surface area contributed by atoms with Crippen LogP contribution >= 0.6 is 23.2 Å². The number of rotatable bonds is 6. The number of anilines is 1. The molecule has 1 unspecified atom stereocenters. The van der Waals surface area contributed by atoms with Crippen LogP contribution in [0.4, 0.5) is 5.69 Å². The van der Waals surface area contributed by atoms with Gasteiger partial charge in [0.25, 0.3) is 0 Å². The van der Waals surface area contributed by atoms with E-state index in [2.05, 4.69) is 10.3 Å². The van der Waals surface area contributed by atoms with Crippen molar-refractivity contribution in [3.05, 3.63) is 70.0 Å². The number of aryl methyl sites for hydroxylation is 1. The van der Waals surface area contributed by atoms with Crippen molar-refractivity contribution in [2.45, 2.75) is 45.8 Å². The molecule has 0 N–H and O–H groups in total. The van der Waals surface area contributed by atoms with Gasteiger partial charge in [-0.1, -0.05) is 58.2 Å². The van der Waals surface area contributed by atoms with Gasteiger partial charge in [-0.2, -0.15) is 0 Å². The molecule has 2 heterocycles. The largest absolute Gasteiger partial charge is 0.459 e. The van der Waals surface area contributed by atoms with Gasteiger partial charge in [0, 0.05) is 11.4 Å². The number of carbonyl (C=O) groups excluding carboxylic acids is 1. The molecule has 2 aromatic carbocycles. The summed E-state index contributed by atoms with van der Waals surface area (Å²) in [5, 5.41) is 11.6. The molecule has 0 amide bonds. The van der Waals surface area contributed by atoms with E-state index in [1.54, 1.807) is 24.4 Å². The van der Waals surface area contributed by atoms with Gasteiger partial charge in [0.15, 0.2) is 18.6 Å². The summed E-state index contributed by atoms with van der Waals surface area (Å²) in [5.41, 5.74) is 2.74. The second-order valence-electron chi connectivity index (χ2n) is 9.17. The van der Waals surface area contributed by atoms with E-state index in [1.807, 2.05) is 52.0 Å². The number of nitrogens with zero attached hydrogens (tertiary/aromatic N) is 5. The number of benzene rings is 2. The van der Waals surface area contributed by atoms with Crippen molar-refractivity contribution in [1.82, 2.24) is 20.1 Å². The van der Waals surface area contributed by atoms with Crippen LogP contribution in [0, 0.1) is 6.92 Å². The lowest BCUT2D eigenvalue weighted by Gasteiger charge is -2.38. The zero-order valence-corrected chi connectivity index (χ0v) is 21.5. The quantitative estimate of drug-likeness (QED) is 0.432. The molecule has 1 fully saturated rings. The van der Waals surface area contributed by atoms with Crippen molar-refractivity contribution in [1.29, 1.82) is 0 Å². The van der Waals surface area contributed by atoms with E-state index < -0.39 is 17.6 Å². The normalized spacial score (nSPS) is 15.8. The van der Waals surface area contributed by atoms with Gasteiger partial charge in [0.2, 0.25) is 0 Å². The highest BCUT2D eigenvalue weighted by Gasteiger charge is 2.35. The van der Waals surface area contributed by atoms with Crippen LogP contribution in [0.2, 0.25) is 10.2 Å². The Labute approximate surface area is 214 Å². The lowest BCUT2D eigenvalue weighted by molar-refractivity contribution is -0.284. The number of hydrogen-bond acceptors (Lipinski definition) is 8. The molecule has 0 spiro atoms. The van der Waals surface area contributed by atoms with E-state index >= 15 is 0 Å². The fourth-order valence-corrected chi connectivity index (χ4v) is 3.81. The third-order valence-electron chi connectivity index (χ3n) is 5.18. The fraction of sp³-hybridized carbons (Fsp3) is 0.375. The monoisotopic (exact) mass is 519 g/mol. The minimum absolute atomic E-state index is 0.00294. The number of aromatic nitrogens is 3. The summed E-state index contributed by atoms with van der Waals surface area (Å²) < 4.78 is 7.20. The van der Waals surface area contributed by atoms with Gasteiger partial charge >= 0.3 is 5.97 Å². The number of hydrogen-bond donors (Lipinski definition) is 0. The van der Waals surface area contributed by atoms with Crippen LogP contribution in [-0.2, 0) is 25.6 Å². The number of hydroxylamine groups is 3.